The molecule has 1 aliphatic rings. The summed E-state index contributed by atoms with van der Waals surface area (Å²) in [5.41, 5.74) is 6.56. The zero-order chi connectivity index (χ0) is 12.4. The van der Waals surface area contributed by atoms with E-state index in [9.17, 15) is 9.18 Å². The standard InChI is InChI=1S/C12H14BrFN2O/c13-10-5-8(1-2-11(10)14)6-12(17)16-4-3-9(15)7-16/h1-2,5,9H,3-4,6-7,15H2/t9-/m1/s1. The molecule has 0 bridgehead atoms. The normalized spacial score (nSPS) is 19.7. The zero-order valence-corrected chi connectivity index (χ0v) is 10.9. The van der Waals surface area contributed by atoms with E-state index in [1.165, 1.54) is 6.07 Å². The first-order valence-electron chi connectivity index (χ1n) is 5.53. The molecule has 1 heterocycles. The third kappa shape index (κ3) is 3.04. The molecule has 1 fully saturated rings. The molecule has 2 N–H and O–H groups in total. The minimum absolute atomic E-state index is 0.0523. The van der Waals surface area contributed by atoms with Gasteiger partial charge >= 0.3 is 0 Å². The highest BCUT2D eigenvalue weighted by Crippen LogP contribution is 2.18. The number of nitrogens with two attached hydrogens (primary N) is 1. The van der Waals surface area contributed by atoms with Crippen LogP contribution in [0.15, 0.2) is 22.7 Å². The van der Waals surface area contributed by atoms with E-state index in [1.807, 2.05) is 0 Å². The highest BCUT2D eigenvalue weighted by molar-refractivity contribution is 9.10. The summed E-state index contributed by atoms with van der Waals surface area (Å²) in [5.74, 6) is -0.263. The summed E-state index contributed by atoms with van der Waals surface area (Å²) in [6.45, 7) is 1.35. The minimum Gasteiger partial charge on any atom is -0.341 e. The summed E-state index contributed by atoms with van der Waals surface area (Å²) >= 11 is 3.11. The third-order valence-electron chi connectivity index (χ3n) is 2.92. The van der Waals surface area contributed by atoms with E-state index in [0.717, 1.165) is 18.5 Å². The number of nitrogens with zero attached hydrogens (tertiary/aromatic N) is 1. The number of carbonyl (C=O) groups is 1. The Bertz CT molecular complexity index is 439. The van der Waals surface area contributed by atoms with E-state index in [1.54, 1.807) is 17.0 Å². The monoisotopic (exact) mass is 300 g/mol. The van der Waals surface area contributed by atoms with Crippen molar-refractivity contribution >= 4 is 21.8 Å². The Morgan fingerprint density at radius 2 is 2.35 bits per heavy atom. The molecule has 1 aliphatic heterocycles. The molecule has 1 amide bonds. The Morgan fingerprint density at radius 3 is 2.94 bits per heavy atom. The number of carbonyl (C=O) groups excluding carboxylic acids is 1. The SMILES string of the molecule is N[C@@H]1CCN(C(=O)Cc2ccc(F)c(Br)c2)C1. The second kappa shape index (κ2) is 5.14. The third-order valence-corrected chi connectivity index (χ3v) is 3.52. The van der Waals surface area contributed by atoms with Gasteiger partial charge in [0.2, 0.25) is 5.91 Å². The molecule has 0 unspecified atom stereocenters. The van der Waals surface area contributed by atoms with Crippen molar-refractivity contribution in [2.75, 3.05) is 13.1 Å². The van der Waals surface area contributed by atoms with Crippen LogP contribution in [0.1, 0.15) is 12.0 Å². The van der Waals surface area contributed by atoms with Crippen LogP contribution >= 0.6 is 15.9 Å². The fraction of sp³-hybridized carbons (Fsp3) is 0.417. The molecule has 2 rings (SSSR count). The van der Waals surface area contributed by atoms with Crippen LogP contribution in [0.25, 0.3) is 0 Å². The average molecular weight is 301 g/mol. The van der Waals surface area contributed by atoms with Gasteiger partial charge in [-0.3, -0.25) is 4.79 Å². The highest BCUT2D eigenvalue weighted by atomic mass is 79.9. The lowest BCUT2D eigenvalue weighted by atomic mass is 10.1. The van der Waals surface area contributed by atoms with E-state index < -0.39 is 0 Å². The molecule has 1 atom stereocenters. The van der Waals surface area contributed by atoms with Gasteiger partial charge in [0.05, 0.1) is 10.9 Å². The summed E-state index contributed by atoms with van der Waals surface area (Å²) in [4.78, 5) is 13.7. The van der Waals surface area contributed by atoms with Crippen molar-refractivity contribution in [1.29, 1.82) is 0 Å². The zero-order valence-electron chi connectivity index (χ0n) is 9.33. The number of halogens is 2. The van der Waals surface area contributed by atoms with E-state index in [0.29, 0.717) is 17.4 Å². The van der Waals surface area contributed by atoms with Gasteiger partial charge in [-0.05, 0) is 40.0 Å². The van der Waals surface area contributed by atoms with Crippen molar-refractivity contribution < 1.29 is 9.18 Å². The molecular weight excluding hydrogens is 287 g/mol. The largest absolute Gasteiger partial charge is 0.341 e. The Labute approximate surface area is 108 Å². The lowest BCUT2D eigenvalue weighted by Crippen LogP contribution is -2.32. The first-order valence-corrected chi connectivity index (χ1v) is 6.33. The second-order valence-electron chi connectivity index (χ2n) is 4.31. The molecule has 0 aliphatic carbocycles. The van der Waals surface area contributed by atoms with Gasteiger partial charge in [-0.2, -0.15) is 0 Å². The molecule has 5 heteroatoms. The minimum atomic E-state index is -0.315. The molecule has 3 nitrogen and oxygen atoms in total. The highest BCUT2D eigenvalue weighted by Gasteiger charge is 2.23. The summed E-state index contributed by atoms with van der Waals surface area (Å²) in [7, 11) is 0. The summed E-state index contributed by atoms with van der Waals surface area (Å²) in [6, 6.07) is 4.73. The first kappa shape index (κ1) is 12.5. The van der Waals surface area contributed by atoms with Gasteiger partial charge in [-0.1, -0.05) is 6.07 Å². The summed E-state index contributed by atoms with van der Waals surface area (Å²) in [5, 5.41) is 0. The van der Waals surface area contributed by atoms with E-state index >= 15 is 0 Å². The van der Waals surface area contributed by atoms with Crippen molar-refractivity contribution in [3.8, 4) is 0 Å². The molecule has 0 radical (unpaired) electrons. The number of hydrogen-bond acceptors (Lipinski definition) is 2. The van der Waals surface area contributed by atoms with Gasteiger partial charge in [0.25, 0.3) is 0 Å². The number of benzene rings is 1. The molecule has 1 aromatic carbocycles. The van der Waals surface area contributed by atoms with Gasteiger partial charge in [-0.25, -0.2) is 4.39 Å². The maximum Gasteiger partial charge on any atom is 0.227 e. The number of likely N-dealkylation sites (tertiary alicyclic amines) is 1. The Kier molecular flexibility index (Phi) is 3.79. The van der Waals surface area contributed by atoms with Gasteiger partial charge in [0.15, 0.2) is 0 Å². The molecule has 0 spiro atoms. The molecule has 92 valence electrons. The van der Waals surface area contributed by atoms with Crippen LogP contribution in [-0.2, 0) is 11.2 Å². The van der Waals surface area contributed by atoms with Crippen LogP contribution in [0.4, 0.5) is 4.39 Å². The van der Waals surface area contributed by atoms with Crippen molar-refractivity contribution in [2.24, 2.45) is 5.73 Å². The number of hydrogen-bond donors (Lipinski definition) is 1. The molecule has 0 saturated carbocycles. The van der Waals surface area contributed by atoms with Gasteiger partial charge < -0.3 is 10.6 Å². The van der Waals surface area contributed by atoms with Crippen molar-refractivity contribution in [1.82, 2.24) is 4.90 Å². The van der Waals surface area contributed by atoms with Gasteiger partial charge in [0, 0.05) is 19.1 Å². The maximum absolute atomic E-state index is 13.0. The van der Waals surface area contributed by atoms with Crippen molar-refractivity contribution in [2.45, 2.75) is 18.9 Å². The molecule has 0 aromatic heterocycles. The predicted molar refractivity (Wildman–Crippen MR) is 67.0 cm³/mol. The van der Waals surface area contributed by atoms with Crippen molar-refractivity contribution in [3.63, 3.8) is 0 Å². The predicted octanol–water partition coefficient (Wildman–Crippen LogP) is 1.69. The summed E-state index contributed by atoms with van der Waals surface area (Å²) in [6.07, 6.45) is 1.16. The molecule has 1 aromatic rings. The first-order chi connectivity index (χ1) is 8.06. The topological polar surface area (TPSA) is 46.3 Å². The van der Waals surface area contributed by atoms with Crippen LogP contribution in [0, 0.1) is 5.82 Å². The van der Waals surface area contributed by atoms with Gasteiger partial charge in [-0.15, -0.1) is 0 Å². The Hall–Kier alpha value is -0.940. The van der Waals surface area contributed by atoms with Crippen LogP contribution in [0.3, 0.4) is 0 Å². The smallest absolute Gasteiger partial charge is 0.227 e. The quantitative estimate of drug-likeness (QED) is 0.903. The molecule has 17 heavy (non-hydrogen) atoms. The van der Waals surface area contributed by atoms with E-state index in [-0.39, 0.29) is 17.8 Å². The van der Waals surface area contributed by atoms with Crippen LogP contribution < -0.4 is 5.73 Å². The van der Waals surface area contributed by atoms with Crippen molar-refractivity contribution in [3.05, 3.63) is 34.1 Å². The van der Waals surface area contributed by atoms with E-state index in [2.05, 4.69) is 15.9 Å². The average Bonchev–Trinajstić information content (AvgIpc) is 2.70. The second-order valence-corrected chi connectivity index (χ2v) is 5.17. The van der Waals surface area contributed by atoms with Crippen LogP contribution in [0.5, 0.6) is 0 Å². The maximum atomic E-state index is 13.0. The lowest BCUT2D eigenvalue weighted by molar-refractivity contribution is -0.129. The van der Waals surface area contributed by atoms with E-state index in [4.69, 9.17) is 5.73 Å². The van der Waals surface area contributed by atoms with Crippen LogP contribution in [0.2, 0.25) is 0 Å². The van der Waals surface area contributed by atoms with Crippen LogP contribution in [-0.4, -0.2) is 29.9 Å². The van der Waals surface area contributed by atoms with Gasteiger partial charge in [0.1, 0.15) is 5.82 Å². The number of amides is 1. The lowest BCUT2D eigenvalue weighted by Gasteiger charge is -2.15. The fourth-order valence-electron chi connectivity index (χ4n) is 1.95. The summed E-state index contributed by atoms with van der Waals surface area (Å²) < 4.78 is 13.4. The fourth-order valence-corrected chi connectivity index (χ4v) is 2.38. The Balaban J connectivity index is 2.00. The molecule has 1 saturated heterocycles. The number of rotatable bonds is 2. The Morgan fingerprint density at radius 1 is 1.59 bits per heavy atom. The molecular formula is C12H14BrFN2O.